The molecule has 0 fully saturated rings. The van der Waals surface area contributed by atoms with Crippen molar-refractivity contribution in [3.8, 4) is 0 Å². The summed E-state index contributed by atoms with van der Waals surface area (Å²) < 4.78 is 139. The number of halogens is 9. The van der Waals surface area contributed by atoms with E-state index in [0.29, 0.717) is 40.6 Å². The van der Waals surface area contributed by atoms with Gasteiger partial charge in [0.2, 0.25) is 0 Å². The van der Waals surface area contributed by atoms with Crippen LogP contribution in [0.2, 0.25) is 0 Å². The number of nitrogens with two attached hydrogens (primary N) is 2. The van der Waals surface area contributed by atoms with E-state index in [1.54, 1.807) is 78.9 Å². The van der Waals surface area contributed by atoms with Crippen molar-refractivity contribution in [2.45, 2.75) is 76.3 Å². The van der Waals surface area contributed by atoms with Gasteiger partial charge in [-0.1, -0.05) is 127 Å². The molecule has 4 aliphatic rings. The molecule has 31 heteroatoms. The number of hydrogen-bond acceptors (Lipinski definition) is 14. The number of imide groups is 4. The number of carbonyl (C=O) groups is 12. The second-order valence-electron chi connectivity index (χ2n) is 31.8. The average Bonchev–Trinajstić information content (AvgIpc) is 0.872. The Morgan fingerprint density at radius 1 is 0.297 bits per heavy atom. The smallest absolute Gasteiger partial charge is 0.350 e. The van der Waals surface area contributed by atoms with Gasteiger partial charge in [-0.3, -0.25) is 72.2 Å². The highest BCUT2D eigenvalue weighted by Gasteiger charge is 2.58. The van der Waals surface area contributed by atoms with Gasteiger partial charge in [0.25, 0.3) is 70.9 Å². The van der Waals surface area contributed by atoms with Crippen LogP contribution in [0.1, 0.15) is 195 Å². The monoisotopic (exact) mass is 1750 g/mol. The van der Waals surface area contributed by atoms with Crippen molar-refractivity contribution in [2.24, 2.45) is 11.5 Å². The molecule has 0 saturated heterocycles. The van der Waals surface area contributed by atoms with Crippen LogP contribution in [0.3, 0.4) is 0 Å². The minimum Gasteiger partial charge on any atom is -0.350 e. The summed E-state index contributed by atoms with van der Waals surface area (Å²) in [7, 11) is 3.65. The zero-order valence-electron chi connectivity index (χ0n) is 69.9. The SMILES string of the molecule is Cc1cccc2c(N3C(=O)c4ccc(C(C)(c5ccc6c(c5)C(=O)N(C)C6=O)C(F)(F)F)cc4C3=O)cccc12.Cc1cccc2c(NC(=O)c3ccc(C(C)(c4ccc5c(c4)C(=O)N(C)C5=O)C(F)(F)F)cc3C(=O)NCCNC(=O)c3ccc(C(C)(c4ccc5c(c4)C(=O)N(C)C5=O)C(F)(F)F)cc3C(=O)Nc3ccc(C)c4ccccc34)cccc12.NCCN. The molecule has 0 aromatic heterocycles. The number of fused-ring (bicyclic) bond motifs is 7. The van der Waals surface area contributed by atoms with Gasteiger partial charge in [-0.2, -0.15) is 39.5 Å². The molecule has 0 bridgehead atoms. The first kappa shape index (κ1) is 89.4. The molecule has 0 spiro atoms. The summed E-state index contributed by atoms with van der Waals surface area (Å²) >= 11 is 0. The first-order valence-corrected chi connectivity index (χ1v) is 39.9. The second-order valence-corrected chi connectivity index (χ2v) is 31.8. The third kappa shape index (κ3) is 15.2. The van der Waals surface area contributed by atoms with Gasteiger partial charge in [0.1, 0.15) is 16.2 Å². The quantitative estimate of drug-likeness (QED) is 0.0281. The van der Waals surface area contributed by atoms with Crippen molar-refractivity contribution in [1.82, 2.24) is 25.3 Å². The van der Waals surface area contributed by atoms with E-state index >= 15 is 26.3 Å². The lowest BCUT2D eigenvalue weighted by Gasteiger charge is -2.34. The van der Waals surface area contributed by atoms with Crippen LogP contribution < -0.4 is 37.6 Å². The predicted octanol–water partition coefficient (Wildman–Crippen LogP) is 16.4. The summed E-state index contributed by atoms with van der Waals surface area (Å²) in [6, 6.07) is 50.8. The van der Waals surface area contributed by atoms with E-state index in [-0.39, 0.29) is 66.9 Å². The third-order valence-corrected chi connectivity index (χ3v) is 24.3. The molecule has 12 aromatic carbocycles. The number of nitrogens with zero attached hydrogens (tertiary/aromatic N) is 4. The molecule has 8 N–H and O–H groups in total. The molecule has 4 heterocycles. The van der Waals surface area contributed by atoms with Gasteiger partial charge >= 0.3 is 18.5 Å². The summed E-state index contributed by atoms with van der Waals surface area (Å²) in [5, 5.41) is 14.9. The highest BCUT2D eigenvalue weighted by molar-refractivity contribution is 6.36. The fourth-order valence-corrected chi connectivity index (χ4v) is 16.5. The van der Waals surface area contributed by atoms with Gasteiger partial charge in [-0.25, -0.2) is 4.90 Å². The average molecular weight is 1750 g/mol. The molecule has 3 atom stereocenters. The number of nitrogens with one attached hydrogen (secondary N) is 4. The zero-order valence-corrected chi connectivity index (χ0v) is 69.9. The first-order chi connectivity index (χ1) is 60.4. The topological polar surface area (TPSA) is 318 Å². The standard InChI is InChI=1S/C64H50F6N6O8.C31H21F3N2O4.C2H8N2/c1-33-11-9-15-42-40(33)14-10-16-51(42)73-55(79)44-23-19-35(61(3,63(65,66)67)37-20-24-45-49(31-37)59(83)75(5)57(45)81)29-47(44)54(78)72-28-27-71-53(77)43-22-18-36(30-48(43)56(80)74-52-26-17-34(2)39-12-7-8-13-41(39)52)62(4,64(68,69)70)38-21-25-46-50(32-38)60(84)76(6)58(46)82;1-16-6-4-8-20-19(16)7-5-9-25(20)36-28(39)22-13-11-18(15-24(22)29(36)40)30(2,31(32,33)34)17-10-12-21-23(14-17)27(38)35(3)26(21)37;3-1-2-4/h7-26,29-32H,27-28H2,1-6H3,(H,71,77)(H,72,78)(H,73,79)(H,74,80);4-15H,1-3H3;1-4H2. The normalized spacial score (nSPS) is 15.1. The van der Waals surface area contributed by atoms with E-state index in [1.165, 1.54) is 45.4 Å². The van der Waals surface area contributed by atoms with Crippen LogP contribution >= 0.6 is 0 Å². The number of amides is 12. The van der Waals surface area contributed by atoms with Crippen molar-refractivity contribution >= 4 is 120 Å². The molecular weight excluding hydrogens is 1670 g/mol. The lowest BCUT2D eigenvalue weighted by Crippen LogP contribution is -2.41. The lowest BCUT2D eigenvalue weighted by molar-refractivity contribution is -0.173. The van der Waals surface area contributed by atoms with Gasteiger partial charge in [0.15, 0.2) is 0 Å². The summed E-state index contributed by atoms with van der Waals surface area (Å²) in [5.41, 5.74) is -0.439. The highest BCUT2D eigenvalue weighted by Crippen LogP contribution is 2.52. The molecular formula is C97H79F9N10O12. The van der Waals surface area contributed by atoms with Gasteiger partial charge in [0.05, 0.1) is 72.4 Å². The molecule has 3 unspecified atom stereocenters. The van der Waals surface area contributed by atoms with Crippen molar-refractivity contribution in [2.75, 3.05) is 62.9 Å². The Kier molecular flexibility index (Phi) is 23.5. The minimum absolute atomic E-state index is 0.000664. The highest BCUT2D eigenvalue weighted by atomic mass is 19.4. The molecule has 0 aliphatic carbocycles. The molecule has 12 aromatic rings. The Morgan fingerprint density at radius 2 is 0.578 bits per heavy atom. The molecule has 128 heavy (non-hydrogen) atoms. The van der Waals surface area contributed by atoms with Crippen LogP contribution in [0.4, 0.5) is 56.6 Å². The van der Waals surface area contributed by atoms with Crippen LogP contribution in [0.25, 0.3) is 32.3 Å². The fourth-order valence-electron chi connectivity index (χ4n) is 16.5. The van der Waals surface area contributed by atoms with E-state index in [0.717, 1.165) is 158 Å². The van der Waals surface area contributed by atoms with Gasteiger partial charge < -0.3 is 32.7 Å². The van der Waals surface area contributed by atoms with E-state index in [4.69, 9.17) is 11.5 Å². The van der Waals surface area contributed by atoms with Crippen LogP contribution in [0.15, 0.2) is 218 Å². The zero-order chi connectivity index (χ0) is 92.7. The molecule has 4 aliphatic heterocycles. The number of rotatable bonds is 17. The maximum atomic E-state index is 15.7. The molecule has 0 saturated carbocycles. The summed E-state index contributed by atoms with van der Waals surface area (Å²) in [5.74, 6) is -9.62. The largest absolute Gasteiger partial charge is 0.402 e. The summed E-state index contributed by atoms with van der Waals surface area (Å²) in [4.78, 5) is 164. The Bertz CT molecular complexity index is 6800. The van der Waals surface area contributed by atoms with Crippen LogP contribution in [0.5, 0.6) is 0 Å². The Morgan fingerprint density at radius 3 is 0.992 bits per heavy atom. The lowest BCUT2D eigenvalue weighted by atomic mass is 9.74. The fraction of sp³-hybridized carbons (Fsp3) is 0.196. The van der Waals surface area contributed by atoms with Gasteiger partial charge in [0, 0.05) is 74.9 Å². The molecule has 652 valence electrons. The van der Waals surface area contributed by atoms with Crippen molar-refractivity contribution in [3.05, 3.63) is 335 Å². The van der Waals surface area contributed by atoms with Crippen LogP contribution in [0, 0.1) is 20.8 Å². The second kappa shape index (κ2) is 33.6. The van der Waals surface area contributed by atoms with Crippen LogP contribution in [-0.2, 0) is 16.2 Å². The molecule has 16 rings (SSSR count). The predicted molar refractivity (Wildman–Crippen MR) is 461 cm³/mol. The van der Waals surface area contributed by atoms with E-state index in [2.05, 4.69) is 21.3 Å². The number of hydrogen-bond donors (Lipinski definition) is 6. The van der Waals surface area contributed by atoms with Crippen LogP contribution in [-0.4, -0.2) is 151 Å². The first-order valence-electron chi connectivity index (χ1n) is 39.9. The van der Waals surface area contributed by atoms with Gasteiger partial charge in [-0.15, -0.1) is 0 Å². The van der Waals surface area contributed by atoms with Crippen molar-refractivity contribution in [1.29, 1.82) is 0 Å². The van der Waals surface area contributed by atoms with E-state index in [1.807, 2.05) is 51.1 Å². The number of benzene rings is 12. The summed E-state index contributed by atoms with van der Waals surface area (Å²) in [6.45, 7) is 8.52. The number of aryl methyl sites for hydroxylation is 3. The number of carbonyl (C=O) groups excluding carboxylic acids is 12. The molecule has 22 nitrogen and oxygen atoms in total. The van der Waals surface area contributed by atoms with Gasteiger partial charge in [-0.05, 0) is 199 Å². The Labute approximate surface area is 725 Å². The van der Waals surface area contributed by atoms with Crippen molar-refractivity contribution < 1.29 is 97.0 Å². The molecule has 0 radical (unpaired) electrons. The van der Waals surface area contributed by atoms with E-state index < -0.39 is 158 Å². The van der Waals surface area contributed by atoms with Crippen molar-refractivity contribution in [3.63, 3.8) is 0 Å². The summed E-state index contributed by atoms with van der Waals surface area (Å²) in [6.07, 6.45) is -15.1. The minimum atomic E-state index is -5.12. The van der Waals surface area contributed by atoms with E-state index in [9.17, 15) is 70.7 Å². The maximum Gasteiger partial charge on any atom is 0.402 e. The Balaban J connectivity index is 0.000000249. The maximum absolute atomic E-state index is 15.7. The number of anilines is 3. The Hall–Kier alpha value is -14.9. The third-order valence-electron chi connectivity index (χ3n) is 24.3. The number of alkyl halides is 9. The molecule has 12 amide bonds.